The van der Waals surface area contributed by atoms with Crippen LogP contribution in [0, 0.1) is 11.7 Å². The monoisotopic (exact) mass is 497 g/mol. The molecule has 0 fully saturated rings. The molecule has 3 aromatic rings. The topological polar surface area (TPSA) is 75.6 Å². The van der Waals surface area contributed by atoms with E-state index in [9.17, 15) is 14.0 Å². The lowest BCUT2D eigenvalue weighted by Gasteiger charge is -2.22. The number of carboxylic acid groups (broad SMARTS) is 1. The van der Waals surface area contributed by atoms with E-state index in [4.69, 9.17) is 21.4 Å². The van der Waals surface area contributed by atoms with Crippen molar-refractivity contribution in [1.29, 1.82) is 0 Å². The Bertz CT molecular complexity index is 1150. The molecular weight excluding hydrogens is 469 g/mol. The molecule has 0 bridgehead atoms. The van der Waals surface area contributed by atoms with Gasteiger partial charge in [-0.1, -0.05) is 55.8 Å². The first kappa shape index (κ1) is 26.2. The van der Waals surface area contributed by atoms with Crippen LogP contribution in [-0.4, -0.2) is 17.0 Å². The zero-order valence-electron chi connectivity index (χ0n) is 19.8. The van der Waals surface area contributed by atoms with Crippen molar-refractivity contribution in [1.82, 2.24) is 5.32 Å². The molecule has 2 N–H and O–H groups in total. The summed E-state index contributed by atoms with van der Waals surface area (Å²) < 4.78 is 19.8. The normalized spacial score (nSPS) is 11.8. The Kier molecular flexibility index (Phi) is 9.26. The second kappa shape index (κ2) is 12.4. The third kappa shape index (κ3) is 8.11. The van der Waals surface area contributed by atoms with E-state index >= 15 is 0 Å². The molecule has 3 aromatic carbocycles. The lowest BCUT2D eigenvalue weighted by Crippen LogP contribution is -2.30. The Morgan fingerprint density at radius 1 is 1.06 bits per heavy atom. The molecule has 0 radical (unpaired) electrons. The van der Waals surface area contributed by atoms with E-state index in [1.807, 2.05) is 50.2 Å². The summed E-state index contributed by atoms with van der Waals surface area (Å²) in [5.74, 6) is -0.858. The van der Waals surface area contributed by atoms with Gasteiger partial charge in [0.1, 0.15) is 18.2 Å². The van der Waals surface area contributed by atoms with Gasteiger partial charge >= 0.3 is 5.97 Å². The summed E-state index contributed by atoms with van der Waals surface area (Å²) in [6.07, 6.45) is 0.681. The Balaban J connectivity index is 1.88. The zero-order chi connectivity index (χ0) is 25.4. The second-order valence-corrected chi connectivity index (χ2v) is 9.28. The van der Waals surface area contributed by atoms with Crippen molar-refractivity contribution in [3.8, 4) is 5.75 Å². The van der Waals surface area contributed by atoms with Gasteiger partial charge in [-0.15, -0.1) is 0 Å². The molecule has 184 valence electrons. The average Bonchev–Trinajstić information content (AvgIpc) is 2.81. The van der Waals surface area contributed by atoms with Crippen LogP contribution in [0.5, 0.6) is 5.75 Å². The van der Waals surface area contributed by atoms with E-state index in [1.54, 1.807) is 18.2 Å². The summed E-state index contributed by atoms with van der Waals surface area (Å²) in [6, 6.07) is 18.4. The van der Waals surface area contributed by atoms with Crippen molar-refractivity contribution in [2.75, 3.05) is 0 Å². The number of hydrogen-bond donors (Lipinski definition) is 2. The number of halogens is 2. The molecule has 7 heteroatoms. The molecule has 0 heterocycles. The molecule has 1 amide bonds. The molecule has 1 unspecified atom stereocenters. The van der Waals surface area contributed by atoms with Crippen LogP contribution in [0.15, 0.2) is 66.7 Å². The molecule has 1 atom stereocenters. The molecule has 3 rings (SSSR count). The first-order valence-corrected chi connectivity index (χ1v) is 11.9. The van der Waals surface area contributed by atoms with Crippen LogP contribution < -0.4 is 10.1 Å². The van der Waals surface area contributed by atoms with Gasteiger partial charge < -0.3 is 15.2 Å². The van der Waals surface area contributed by atoms with Gasteiger partial charge in [-0.3, -0.25) is 9.59 Å². The summed E-state index contributed by atoms with van der Waals surface area (Å²) >= 11 is 6.06. The Morgan fingerprint density at radius 3 is 2.46 bits per heavy atom. The maximum absolute atomic E-state index is 14.0. The molecular formula is C28H29ClFNO4. The largest absolute Gasteiger partial charge is 0.489 e. The predicted octanol–water partition coefficient (Wildman–Crippen LogP) is 6.59. The predicted molar refractivity (Wildman–Crippen MR) is 134 cm³/mol. The van der Waals surface area contributed by atoms with E-state index in [1.165, 1.54) is 12.1 Å². The summed E-state index contributed by atoms with van der Waals surface area (Å²) in [5, 5.41) is 12.4. The van der Waals surface area contributed by atoms with Gasteiger partial charge in [0, 0.05) is 17.0 Å². The lowest BCUT2D eigenvalue weighted by molar-refractivity contribution is -0.136. The van der Waals surface area contributed by atoms with Crippen LogP contribution in [0.25, 0.3) is 0 Å². The number of ether oxygens (including phenoxy) is 1. The van der Waals surface area contributed by atoms with Gasteiger partial charge in [0.2, 0.25) is 0 Å². The van der Waals surface area contributed by atoms with E-state index < -0.39 is 17.8 Å². The number of nitrogens with one attached hydrogen (secondary N) is 1. The Hall–Kier alpha value is -3.38. The Morgan fingerprint density at radius 2 is 1.80 bits per heavy atom. The number of benzene rings is 3. The Labute approximate surface area is 209 Å². The maximum atomic E-state index is 14.0. The molecule has 0 aliphatic heterocycles. The number of carboxylic acids is 1. The zero-order valence-corrected chi connectivity index (χ0v) is 20.5. The minimum Gasteiger partial charge on any atom is -0.489 e. The van der Waals surface area contributed by atoms with E-state index in [0.29, 0.717) is 28.9 Å². The van der Waals surface area contributed by atoms with Crippen molar-refractivity contribution < 1.29 is 23.8 Å². The summed E-state index contributed by atoms with van der Waals surface area (Å²) in [5.41, 5.74) is 2.34. The standard InChI is InChI=1S/C28H29ClFNO4/c1-18(2)12-26(21-14-22(29)16-23(30)15-21)31-28(34)25-13-19(8-9-20(25)10-11-27(32)33)17-35-24-6-4-3-5-7-24/h3-9,13-16,18,26H,10-12,17H2,1-2H3,(H,31,34)(H,32,33). The van der Waals surface area contributed by atoms with Crippen LogP contribution in [0.1, 0.15) is 59.8 Å². The number of carbonyl (C=O) groups excluding carboxylic acids is 1. The van der Waals surface area contributed by atoms with Crippen molar-refractivity contribution in [2.24, 2.45) is 5.92 Å². The van der Waals surface area contributed by atoms with Crippen molar-refractivity contribution in [3.05, 3.63) is 99.8 Å². The van der Waals surface area contributed by atoms with E-state index in [2.05, 4.69) is 5.32 Å². The van der Waals surface area contributed by atoms with Crippen molar-refractivity contribution in [3.63, 3.8) is 0 Å². The van der Waals surface area contributed by atoms with Gasteiger partial charge in [-0.2, -0.15) is 0 Å². The molecule has 0 aromatic heterocycles. The minimum atomic E-state index is -0.945. The third-order valence-corrected chi connectivity index (χ3v) is 5.69. The fourth-order valence-electron chi connectivity index (χ4n) is 3.83. The number of amides is 1. The van der Waals surface area contributed by atoms with Crippen LogP contribution >= 0.6 is 11.6 Å². The number of aryl methyl sites for hydroxylation is 1. The highest BCUT2D eigenvalue weighted by Gasteiger charge is 2.21. The first-order chi connectivity index (χ1) is 16.7. The number of carbonyl (C=O) groups is 2. The molecule has 35 heavy (non-hydrogen) atoms. The number of para-hydroxylation sites is 1. The van der Waals surface area contributed by atoms with Crippen molar-refractivity contribution >= 4 is 23.5 Å². The average molecular weight is 498 g/mol. The van der Waals surface area contributed by atoms with Gasteiger partial charge in [-0.25, -0.2) is 4.39 Å². The highest BCUT2D eigenvalue weighted by Crippen LogP contribution is 2.26. The SMILES string of the molecule is CC(C)CC(NC(=O)c1cc(COc2ccccc2)ccc1CCC(=O)O)c1cc(F)cc(Cl)c1. The van der Waals surface area contributed by atoms with Gasteiger partial charge in [0.25, 0.3) is 5.91 Å². The van der Waals surface area contributed by atoms with Crippen molar-refractivity contribution in [2.45, 2.75) is 45.8 Å². The minimum absolute atomic E-state index is 0.102. The molecule has 0 aliphatic rings. The maximum Gasteiger partial charge on any atom is 0.303 e. The molecule has 0 aliphatic carbocycles. The van der Waals surface area contributed by atoms with Crippen LogP contribution in [-0.2, 0) is 17.8 Å². The summed E-state index contributed by atoms with van der Waals surface area (Å²) in [4.78, 5) is 24.6. The highest BCUT2D eigenvalue weighted by molar-refractivity contribution is 6.30. The fraction of sp³-hybridized carbons (Fsp3) is 0.286. The van der Waals surface area contributed by atoms with E-state index in [-0.39, 0.29) is 36.3 Å². The van der Waals surface area contributed by atoms with E-state index in [0.717, 1.165) is 5.56 Å². The summed E-state index contributed by atoms with van der Waals surface area (Å²) in [6.45, 7) is 4.28. The van der Waals surface area contributed by atoms with Gasteiger partial charge in [0.15, 0.2) is 0 Å². The smallest absolute Gasteiger partial charge is 0.303 e. The van der Waals surface area contributed by atoms with Crippen LogP contribution in [0.2, 0.25) is 5.02 Å². The molecule has 0 saturated heterocycles. The lowest BCUT2D eigenvalue weighted by atomic mass is 9.95. The molecule has 0 spiro atoms. The summed E-state index contributed by atoms with van der Waals surface area (Å²) in [7, 11) is 0. The molecule has 0 saturated carbocycles. The van der Waals surface area contributed by atoms with Gasteiger partial charge in [-0.05, 0) is 71.8 Å². The number of hydrogen-bond acceptors (Lipinski definition) is 3. The first-order valence-electron chi connectivity index (χ1n) is 11.5. The third-order valence-electron chi connectivity index (χ3n) is 5.48. The molecule has 5 nitrogen and oxygen atoms in total. The van der Waals surface area contributed by atoms with Crippen LogP contribution in [0.4, 0.5) is 4.39 Å². The van der Waals surface area contributed by atoms with Gasteiger partial charge in [0.05, 0.1) is 6.04 Å². The number of aliphatic carboxylic acids is 1. The quantitative estimate of drug-likeness (QED) is 0.313. The fourth-order valence-corrected chi connectivity index (χ4v) is 4.06. The number of rotatable bonds is 11. The second-order valence-electron chi connectivity index (χ2n) is 8.85. The highest BCUT2D eigenvalue weighted by atomic mass is 35.5. The van der Waals surface area contributed by atoms with Crippen LogP contribution in [0.3, 0.4) is 0 Å².